The summed E-state index contributed by atoms with van der Waals surface area (Å²) in [7, 11) is 0. The molecule has 1 nitrogen and oxygen atoms in total. The van der Waals surface area contributed by atoms with Crippen molar-refractivity contribution in [2.75, 3.05) is 11.5 Å². The average Bonchev–Trinajstić information content (AvgIpc) is 2.29. The van der Waals surface area contributed by atoms with Gasteiger partial charge in [-0.2, -0.15) is 11.8 Å². The quantitative estimate of drug-likeness (QED) is 0.501. The number of hydrogen-bond acceptors (Lipinski definition) is 2. The van der Waals surface area contributed by atoms with Crippen LogP contribution in [-0.4, -0.2) is 17.2 Å². The van der Waals surface area contributed by atoms with E-state index in [4.69, 9.17) is 4.99 Å². The largest absolute Gasteiger partial charge is 0.262 e. The lowest BCUT2D eigenvalue weighted by molar-refractivity contribution is 0.483. The second-order valence-corrected chi connectivity index (χ2v) is 6.39. The predicted molar refractivity (Wildman–Crippen MR) is 85.5 cm³/mol. The van der Waals surface area contributed by atoms with Gasteiger partial charge in [0.2, 0.25) is 0 Å². The molecule has 100 valence electrons. The molecule has 0 spiro atoms. The van der Waals surface area contributed by atoms with E-state index < -0.39 is 0 Å². The Hall–Kier alpha value is -0.760. The van der Waals surface area contributed by atoms with Gasteiger partial charge in [-0.25, -0.2) is 0 Å². The summed E-state index contributed by atoms with van der Waals surface area (Å²) in [4.78, 5) is 4.72. The average molecular weight is 263 g/mol. The molecule has 0 atom stereocenters. The van der Waals surface area contributed by atoms with Crippen LogP contribution in [0.5, 0.6) is 0 Å². The normalized spacial score (nSPS) is 17.9. The SMILES string of the molecule is C=C/C(C(=C)C)=C(\CC1CCSCC1)N=C(C)C. The third-order valence-electron chi connectivity index (χ3n) is 3.16. The Morgan fingerprint density at radius 1 is 1.28 bits per heavy atom. The molecular weight excluding hydrogens is 238 g/mol. The van der Waals surface area contributed by atoms with E-state index in [-0.39, 0.29) is 0 Å². The lowest BCUT2D eigenvalue weighted by Crippen LogP contribution is -2.11. The van der Waals surface area contributed by atoms with E-state index in [2.05, 4.69) is 38.8 Å². The van der Waals surface area contributed by atoms with Gasteiger partial charge in [0.05, 0.1) is 0 Å². The lowest BCUT2D eigenvalue weighted by atomic mass is 9.93. The molecule has 1 aliphatic heterocycles. The first-order valence-corrected chi connectivity index (χ1v) is 7.81. The van der Waals surface area contributed by atoms with Crippen molar-refractivity contribution in [1.29, 1.82) is 0 Å². The Kier molecular flexibility index (Phi) is 6.48. The first-order valence-electron chi connectivity index (χ1n) is 6.65. The Morgan fingerprint density at radius 3 is 2.33 bits per heavy atom. The first kappa shape index (κ1) is 15.3. The highest BCUT2D eigenvalue weighted by Crippen LogP contribution is 2.31. The maximum Gasteiger partial charge on any atom is 0.0479 e. The van der Waals surface area contributed by atoms with Gasteiger partial charge in [0, 0.05) is 11.4 Å². The molecule has 18 heavy (non-hydrogen) atoms. The van der Waals surface area contributed by atoms with Gasteiger partial charge in [-0.1, -0.05) is 19.2 Å². The molecule has 1 heterocycles. The number of aliphatic imine (C=N–C) groups is 1. The van der Waals surface area contributed by atoms with Crippen LogP contribution >= 0.6 is 11.8 Å². The lowest BCUT2D eigenvalue weighted by Gasteiger charge is -2.22. The van der Waals surface area contributed by atoms with Crippen LogP contribution in [0.1, 0.15) is 40.0 Å². The zero-order chi connectivity index (χ0) is 13.5. The zero-order valence-corrected chi connectivity index (χ0v) is 12.8. The number of allylic oxidation sites excluding steroid dienone is 4. The van der Waals surface area contributed by atoms with Crippen LogP contribution in [0.3, 0.4) is 0 Å². The number of nitrogens with zero attached hydrogens (tertiary/aromatic N) is 1. The van der Waals surface area contributed by atoms with E-state index in [0.29, 0.717) is 0 Å². The maximum absolute atomic E-state index is 4.72. The van der Waals surface area contributed by atoms with Crippen molar-refractivity contribution in [2.45, 2.75) is 40.0 Å². The van der Waals surface area contributed by atoms with Gasteiger partial charge >= 0.3 is 0 Å². The van der Waals surface area contributed by atoms with Crippen molar-refractivity contribution in [2.24, 2.45) is 10.9 Å². The molecule has 1 fully saturated rings. The highest BCUT2D eigenvalue weighted by atomic mass is 32.2. The third-order valence-corrected chi connectivity index (χ3v) is 4.21. The van der Waals surface area contributed by atoms with Gasteiger partial charge in [0.25, 0.3) is 0 Å². The van der Waals surface area contributed by atoms with Crippen LogP contribution in [0.2, 0.25) is 0 Å². The van der Waals surface area contributed by atoms with Gasteiger partial charge in [0.15, 0.2) is 0 Å². The van der Waals surface area contributed by atoms with E-state index in [1.165, 1.54) is 30.0 Å². The van der Waals surface area contributed by atoms with Crippen molar-refractivity contribution in [1.82, 2.24) is 0 Å². The van der Waals surface area contributed by atoms with Gasteiger partial charge in [-0.3, -0.25) is 4.99 Å². The summed E-state index contributed by atoms with van der Waals surface area (Å²) in [6.07, 6.45) is 5.60. The summed E-state index contributed by atoms with van der Waals surface area (Å²) in [5.41, 5.74) is 4.48. The van der Waals surface area contributed by atoms with Gasteiger partial charge in [0.1, 0.15) is 0 Å². The minimum absolute atomic E-state index is 0.777. The van der Waals surface area contributed by atoms with Crippen LogP contribution in [0.25, 0.3) is 0 Å². The van der Waals surface area contributed by atoms with Crippen LogP contribution in [0.15, 0.2) is 41.1 Å². The summed E-state index contributed by atoms with van der Waals surface area (Å²) in [5.74, 6) is 3.37. The van der Waals surface area contributed by atoms with Crippen LogP contribution in [-0.2, 0) is 0 Å². The fraction of sp³-hybridized carbons (Fsp3) is 0.562. The van der Waals surface area contributed by atoms with E-state index in [0.717, 1.165) is 29.2 Å². The minimum atomic E-state index is 0.777. The highest BCUT2D eigenvalue weighted by Gasteiger charge is 2.17. The van der Waals surface area contributed by atoms with Crippen molar-refractivity contribution in [3.63, 3.8) is 0 Å². The summed E-state index contributed by atoms with van der Waals surface area (Å²) in [6, 6.07) is 0. The summed E-state index contributed by atoms with van der Waals surface area (Å²) >= 11 is 2.07. The summed E-state index contributed by atoms with van der Waals surface area (Å²) in [6.45, 7) is 14.1. The molecular formula is C16H25NS. The van der Waals surface area contributed by atoms with Crippen LogP contribution in [0.4, 0.5) is 0 Å². The van der Waals surface area contributed by atoms with Gasteiger partial charge in [-0.05, 0) is 68.6 Å². The van der Waals surface area contributed by atoms with Gasteiger partial charge < -0.3 is 0 Å². The molecule has 1 aliphatic rings. The molecule has 0 aromatic heterocycles. The molecule has 0 aliphatic carbocycles. The van der Waals surface area contributed by atoms with E-state index in [1.54, 1.807) is 0 Å². The Morgan fingerprint density at radius 2 is 1.89 bits per heavy atom. The highest BCUT2D eigenvalue weighted by molar-refractivity contribution is 7.99. The van der Waals surface area contributed by atoms with Crippen molar-refractivity contribution < 1.29 is 0 Å². The number of hydrogen-bond donors (Lipinski definition) is 0. The van der Waals surface area contributed by atoms with Gasteiger partial charge in [-0.15, -0.1) is 0 Å². The molecule has 0 aromatic carbocycles. The smallest absolute Gasteiger partial charge is 0.0479 e. The van der Waals surface area contributed by atoms with Crippen LogP contribution in [0, 0.1) is 5.92 Å². The summed E-state index contributed by atoms with van der Waals surface area (Å²) in [5, 5.41) is 0. The molecule has 0 radical (unpaired) electrons. The second kappa shape index (κ2) is 7.63. The number of rotatable bonds is 5. The van der Waals surface area contributed by atoms with Crippen molar-refractivity contribution in [3.8, 4) is 0 Å². The second-order valence-electron chi connectivity index (χ2n) is 5.16. The molecule has 0 N–H and O–H groups in total. The van der Waals surface area contributed by atoms with E-state index in [9.17, 15) is 0 Å². The molecule has 0 saturated carbocycles. The Labute approximate surface area is 116 Å². The molecule has 1 rings (SSSR count). The van der Waals surface area contributed by atoms with Crippen molar-refractivity contribution >= 4 is 17.5 Å². The fourth-order valence-corrected chi connectivity index (χ4v) is 3.45. The van der Waals surface area contributed by atoms with E-state index >= 15 is 0 Å². The number of thioether (sulfide) groups is 1. The molecule has 0 amide bonds. The minimum Gasteiger partial charge on any atom is -0.262 e. The standard InChI is InChI=1S/C16H25NS/c1-6-15(12(2)3)16(17-13(4)5)11-14-7-9-18-10-8-14/h6,14H,1-2,7-11H2,3-5H3/b16-15-. The zero-order valence-electron chi connectivity index (χ0n) is 12.0. The molecule has 0 bridgehead atoms. The topological polar surface area (TPSA) is 12.4 Å². The third kappa shape index (κ3) is 4.85. The molecule has 2 heteroatoms. The first-order chi connectivity index (χ1) is 8.54. The molecule has 1 saturated heterocycles. The maximum atomic E-state index is 4.72. The molecule has 0 unspecified atom stereocenters. The monoisotopic (exact) mass is 263 g/mol. The van der Waals surface area contributed by atoms with Crippen LogP contribution < -0.4 is 0 Å². The summed E-state index contributed by atoms with van der Waals surface area (Å²) < 4.78 is 0. The van der Waals surface area contributed by atoms with E-state index in [1.807, 2.05) is 13.0 Å². The Bertz CT molecular complexity index is 367. The van der Waals surface area contributed by atoms with Crippen molar-refractivity contribution in [3.05, 3.63) is 36.1 Å². The fourth-order valence-electron chi connectivity index (χ4n) is 2.25. The Balaban J connectivity index is 2.93. The molecule has 0 aromatic rings. The predicted octanol–water partition coefficient (Wildman–Crippen LogP) is 5.02.